The minimum absolute atomic E-state index is 0.687. The molecule has 0 atom stereocenters. The zero-order valence-electron chi connectivity index (χ0n) is 8.89. The molecule has 0 spiro atoms. The normalized spacial score (nSPS) is 16.9. The predicted molar refractivity (Wildman–Crippen MR) is 65.1 cm³/mol. The molecule has 1 N–H and O–H groups in total. The molecule has 0 aliphatic carbocycles. The highest BCUT2D eigenvalue weighted by Crippen LogP contribution is 2.29. The van der Waals surface area contributed by atoms with E-state index in [1.165, 1.54) is 0 Å². The first kappa shape index (κ1) is 10.5. The van der Waals surface area contributed by atoms with Crippen LogP contribution in [0.4, 0.5) is 5.69 Å². The molecule has 1 saturated heterocycles. The summed E-state index contributed by atoms with van der Waals surface area (Å²) in [4.78, 5) is 2.02. The largest absolute Gasteiger partial charge is 0.329 e. The first-order valence-electron chi connectivity index (χ1n) is 5.29. The minimum Gasteiger partial charge on any atom is -0.329 e. The Hall–Kier alpha value is -1.02. The Morgan fingerprint density at radius 1 is 1.33 bits per heavy atom. The van der Waals surface area contributed by atoms with Crippen LogP contribution in [0, 0.1) is 12.3 Å². The molecule has 1 aromatic rings. The number of amidine groups is 1. The maximum atomic E-state index is 7.90. The van der Waals surface area contributed by atoms with Crippen LogP contribution in [0.15, 0.2) is 18.2 Å². The molecular formula is C12H15ClN2. The van der Waals surface area contributed by atoms with E-state index in [2.05, 4.69) is 0 Å². The van der Waals surface area contributed by atoms with E-state index < -0.39 is 0 Å². The lowest BCUT2D eigenvalue weighted by molar-refractivity contribution is 0.707. The lowest BCUT2D eigenvalue weighted by atomic mass is 10.1. The topological polar surface area (TPSA) is 27.1 Å². The molecule has 3 heteroatoms. The summed E-state index contributed by atoms with van der Waals surface area (Å²) in [6.45, 7) is 2.94. The van der Waals surface area contributed by atoms with E-state index in [0.29, 0.717) is 5.84 Å². The summed E-state index contributed by atoms with van der Waals surface area (Å²) in [6.07, 6.45) is 3.13. The SMILES string of the molecule is Cc1ccc(N2CCCCC2=N)c(Cl)c1. The Bertz CT molecular complexity index is 387. The molecule has 0 amide bonds. The third-order valence-corrected chi connectivity index (χ3v) is 3.07. The Labute approximate surface area is 95.4 Å². The third kappa shape index (κ3) is 2.15. The van der Waals surface area contributed by atoms with Crippen molar-refractivity contribution in [1.82, 2.24) is 0 Å². The molecule has 0 aromatic heterocycles. The maximum Gasteiger partial charge on any atom is 0.100 e. The number of halogens is 1. The van der Waals surface area contributed by atoms with Crippen LogP contribution in [0.2, 0.25) is 5.02 Å². The molecule has 0 unspecified atom stereocenters. The fourth-order valence-electron chi connectivity index (χ4n) is 1.93. The van der Waals surface area contributed by atoms with Crippen molar-refractivity contribution in [1.29, 1.82) is 5.41 Å². The van der Waals surface area contributed by atoms with Crippen molar-refractivity contribution in [3.8, 4) is 0 Å². The van der Waals surface area contributed by atoms with Gasteiger partial charge in [-0.3, -0.25) is 5.41 Å². The van der Waals surface area contributed by atoms with Gasteiger partial charge in [0.25, 0.3) is 0 Å². The summed E-state index contributed by atoms with van der Waals surface area (Å²) in [7, 11) is 0. The van der Waals surface area contributed by atoms with Crippen LogP contribution < -0.4 is 4.90 Å². The van der Waals surface area contributed by atoms with Crippen molar-refractivity contribution in [2.45, 2.75) is 26.2 Å². The molecule has 1 fully saturated rings. The van der Waals surface area contributed by atoms with Gasteiger partial charge in [0.15, 0.2) is 0 Å². The van der Waals surface area contributed by atoms with E-state index in [1.54, 1.807) is 0 Å². The van der Waals surface area contributed by atoms with Crippen LogP contribution in [0.1, 0.15) is 24.8 Å². The number of aryl methyl sites for hydroxylation is 1. The summed E-state index contributed by atoms with van der Waals surface area (Å²) >= 11 is 6.19. The quantitative estimate of drug-likeness (QED) is 0.772. The Balaban J connectivity index is 2.31. The van der Waals surface area contributed by atoms with E-state index in [0.717, 1.165) is 42.1 Å². The lowest BCUT2D eigenvalue weighted by Gasteiger charge is -2.30. The van der Waals surface area contributed by atoms with Gasteiger partial charge in [-0.25, -0.2) is 0 Å². The number of rotatable bonds is 1. The summed E-state index contributed by atoms with van der Waals surface area (Å²) in [5.41, 5.74) is 2.14. The van der Waals surface area contributed by atoms with Crippen LogP contribution in [0.25, 0.3) is 0 Å². The first-order chi connectivity index (χ1) is 7.18. The average Bonchev–Trinajstić information content (AvgIpc) is 2.20. The van der Waals surface area contributed by atoms with Gasteiger partial charge in [0.2, 0.25) is 0 Å². The number of hydrogen-bond donors (Lipinski definition) is 1. The number of anilines is 1. The van der Waals surface area contributed by atoms with E-state index in [4.69, 9.17) is 17.0 Å². The van der Waals surface area contributed by atoms with Crippen LogP contribution in [-0.2, 0) is 0 Å². The Morgan fingerprint density at radius 2 is 2.13 bits per heavy atom. The van der Waals surface area contributed by atoms with Gasteiger partial charge in [0.1, 0.15) is 5.84 Å². The smallest absolute Gasteiger partial charge is 0.100 e. The molecule has 1 aliphatic rings. The highest BCUT2D eigenvalue weighted by Gasteiger charge is 2.18. The van der Waals surface area contributed by atoms with E-state index in [-0.39, 0.29) is 0 Å². The van der Waals surface area contributed by atoms with Crippen molar-refractivity contribution in [2.24, 2.45) is 0 Å². The third-order valence-electron chi connectivity index (χ3n) is 2.77. The van der Waals surface area contributed by atoms with Gasteiger partial charge >= 0.3 is 0 Å². The minimum atomic E-state index is 0.687. The van der Waals surface area contributed by atoms with Crippen molar-refractivity contribution >= 4 is 23.1 Å². The molecule has 15 heavy (non-hydrogen) atoms. The monoisotopic (exact) mass is 222 g/mol. The van der Waals surface area contributed by atoms with Crippen LogP contribution in [0.5, 0.6) is 0 Å². The average molecular weight is 223 g/mol. The summed E-state index contributed by atoms with van der Waals surface area (Å²) in [5, 5.41) is 8.65. The summed E-state index contributed by atoms with van der Waals surface area (Å²) in [5.74, 6) is 0.687. The van der Waals surface area contributed by atoms with Crippen LogP contribution in [0.3, 0.4) is 0 Å². The maximum absolute atomic E-state index is 7.90. The standard InChI is InChI=1S/C12H15ClN2/c1-9-5-6-11(10(13)8-9)15-7-3-2-4-12(15)14/h5-6,8,14H,2-4,7H2,1H3. The second kappa shape index (κ2) is 4.23. The second-order valence-corrected chi connectivity index (χ2v) is 4.42. The fourth-order valence-corrected chi connectivity index (χ4v) is 2.27. The van der Waals surface area contributed by atoms with Crippen molar-refractivity contribution in [3.63, 3.8) is 0 Å². The second-order valence-electron chi connectivity index (χ2n) is 4.01. The number of hydrogen-bond acceptors (Lipinski definition) is 1. The molecular weight excluding hydrogens is 208 g/mol. The molecule has 0 bridgehead atoms. The molecule has 1 aliphatic heterocycles. The van der Waals surface area contributed by atoms with E-state index in [9.17, 15) is 0 Å². The Kier molecular flexibility index (Phi) is 2.96. The highest BCUT2D eigenvalue weighted by molar-refractivity contribution is 6.34. The molecule has 0 saturated carbocycles. The summed E-state index contributed by atoms with van der Waals surface area (Å²) in [6, 6.07) is 6.01. The number of nitrogens with one attached hydrogen (secondary N) is 1. The summed E-state index contributed by atoms with van der Waals surface area (Å²) < 4.78 is 0. The Morgan fingerprint density at radius 3 is 2.80 bits per heavy atom. The lowest BCUT2D eigenvalue weighted by Crippen LogP contribution is -2.34. The van der Waals surface area contributed by atoms with Gasteiger partial charge in [-0.1, -0.05) is 17.7 Å². The molecule has 80 valence electrons. The van der Waals surface area contributed by atoms with Gasteiger partial charge < -0.3 is 4.90 Å². The van der Waals surface area contributed by atoms with Crippen LogP contribution in [-0.4, -0.2) is 12.4 Å². The van der Waals surface area contributed by atoms with Gasteiger partial charge in [0.05, 0.1) is 10.7 Å². The number of nitrogens with zero attached hydrogens (tertiary/aromatic N) is 1. The first-order valence-corrected chi connectivity index (χ1v) is 5.67. The van der Waals surface area contributed by atoms with Gasteiger partial charge in [-0.05, 0) is 37.5 Å². The number of piperidine rings is 1. The van der Waals surface area contributed by atoms with Gasteiger partial charge in [0, 0.05) is 13.0 Å². The van der Waals surface area contributed by atoms with Gasteiger partial charge in [-0.15, -0.1) is 0 Å². The van der Waals surface area contributed by atoms with Crippen molar-refractivity contribution in [3.05, 3.63) is 28.8 Å². The van der Waals surface area contributed by atoms with Crippen molar-refractivity contribution in [2.75, 3.05) is 11.4 Å². The molecule has 2 rings (SSSR count). The molecule has 0 radical (unpaired) electrons. The van der Waals surface area contributed by atoms with E-state index >= 15 is 0 Å². The van der Waals surface area contributed by atoms with E-state index in [1.807, 2.05) is 30.0 Å². The predicted octanol–water partition coefficient (Wildman–Crippen LogP) is 3.62. The molecule has 1 heterocycles. The number of benzene rings is 1. The fraction of sp³-hybridized carbons (Fsp3) is 0.417. The highest BCUT2D eigenvalue weighted by atomic mass is 35.5. The molecule has 2 nitrogen and oxygen atoms in total. The molecule has 1 aromatic carbocycles. The zero-order chi connectivity index (χ0) is 10.8. The van der Waals surface area contributed by atoms with Crippen LogP contribution >= 0.6 is 11.6 Å². The van der Waals surface area contributed by atoms with Gasteiger partial charge in [-0.2, -0.15) is 0 Å². The van der Waals surface area contributed by atoms with Crippen molar-refractivity contribution < 1.29 is 0 Å². The zero-order valence-corrected chi connectivity index (χ0v) is 9.64.